The van der Waals surface area contributed by atoms with Crippen LogP contribution in [0.4, 0.5) is 0 Å². The molecule has 7 heterocycles. The fourth-order valence-electron chi connectivity index (χ4n) is 8.30. The highest BCUT2D eigenvalue weighted by molar-refractivity contribution is 8.76. The first-order valence-electron chi connectivity index (χ1n) is 17.1. The number of rotatable bonds is 0. The van der Waals surface area contributed by atoms with Crippen molar-refractivity contribution >= 4 is 38.5 Å². The number of fused-ring (bicyclic) bond motifs is 7. The zero-order chi connectivity index (χ0) is 34.1. The third-order valence-electron chi connectivity index (χ3n) is 10.8. The molecule has 0 amide bonds. The Bertz CT molecular complexity index is 1920. The van der Waals surface area contributed by atoms with E-state index in [1.807, 2.05) is 13.0 Å². The molecule has 4 bridgehead atoms. The van der Waals surface area contributed by atoms with Crippen molar-refractivity contribution in [1.29, 1.82) is 0 Å². The second-order valence-corrected chi connectivity index (χ2v) is 16.7. The maximum atomic E-state index is 14.3. The molecule has 1 aromatic carbocycles. The lowest BCUT2D eigenvalue weighted by molar-refractivity contribution is -0.172. The number of nitrogens with one attached hydrogen (secondary N) is 2. The van der Waals surface area contributed by atoms with Crippen molar-refractivity contribution in [2.45, 2.75) is 94.2 Å². The molecular weight excluding hydrogens is 665 g/mol. The van der Waals surface area contributed by atoms with E-state index in [4.69, 9.17) is 30.1 Å². The average molecular weight is 707 g/mol. The molecule has 11 nitrogen and oxygen atoms in total. The number of epoxide rings is 1. The maximum absolute atomic E-state index is 14.3. The van der Waals surface area contributed by atoms with E-state index in [1.165, 1.54) is 6.07 Å². The summed E-state index contributed by atoms with van der Waals surface area (Å²) in [7, 11) is 3.41. The Kier molecular flexibility index (Phi) is 8.15. The lowest BCUT2D eigenvalue weighted by Gasteiger charge is -2.46. The number of aromatic hydroxyl groups is 1. The molecule has 6 aliphatic rings. The molecular formula is C36H42N4O7S2. The van der Waals surface area contributed by atoms with Gasteiger partial charge in [0, 0.05) is 53.7 Å². The molecule has 1 spiro atoms. The van der Waals surface area contributed by atoms with E-state index in [9.17, 15) is 14.7 Å². The van der Waals surface area contributed by atoms with E-state index >= 15 is 0 Å². The smallest absolute Gasteiger partial charge is 0.341 e. The van der Waals surface area contributed by atoms with E-state index in [0.29, 0.717) is 78.9 Å². The number of allylic oxidation sites excluding steroid dienone is 2. The Morgan fingerprint density at radius 1 is 1.10 bits per heavy atom. The highest BCUT2D eigenvalue weighted by Crippen LogP contribution is 2.55. The van der Waals surface area contributed by atoms with Gasteiger partial charge >= 0.3 is 5.97 Å². The van der Waals surface area contributed by atoms with Crippen LogP contribution in [0, 0.1) is 6.92 Å². The molecule has 6 aliphatic heterocycles. The summed E-state index contributed by atoms with van der Waals surface area (Å²) in [5, 5.41) is 18.5. The van der Waals surface area contributed by atoms with E-state index in [-0.39, 0.29) is 40.3 Å². The zero-order valence-electron chi connectivity index (χ0n) is 27.6. The number of phenolic OH excluding ortho intramolecular Hbond substituents is 1. The summed E-state index contributed by atoms with van der Waals surface area (Å²) in [5.41, 5.74) is 14.6. The number of carbonyl (C=O) groups excluding carboxylic acids is 1. The van der Waals surface area contributed by atoms with Crippen LogP contribution in [0.25, 0.3) is 11.0 Å². The number of dihydropyridines is 2. The van der Waals surface area contributed by atoms with Crippen LogP contribution in [0.3, 0.4) is 0 Å². The fourth-order valence-corrected chi connectivity index (χ4v) is 10.6. The maximum Gasteiger partial charge on any atom is 0.341 e. The molecule has 49 heavy (non-hydrogen) atoms. The Morgan fingerprint density at radius 3 is 2.82 bits per heavy atom. The normalized spacial score (nSPS) is 33.1. The first kappa shape index (κ1) is 32.5. The van der Waals surface area contributed by atoms with Crippen molar-refractivity contribution in [3.63, 3.8) is 0 Å². The van der Waals surface area contributed by atoms with Gasteiger partial charge in [0.15, 0.2) is 11.0 Å². The van der Waals surface area contributed by atoms with Crippen molar-refractivity contribution in [3.05, 3.63) is 80.3 Å². The summed E-state index contributed by atoms with van der Waals surface area (Å²) < 4.78 is 25.5. The summed E-state index contributed by atoms with van der Waals surface area (Å²) >= 11 is 0. The molecule has 0 radical (unpaired) electrons. The van der Waals surface area contributed by atoms with E-state index in [2.05, 4.69) is 22.8 Å². The molecule has 0 saturated carbocycles. The van der Waals surface area contributed by atoms with Gasteiger partial charge in [-0.3, -0.25) is 4.79 Å². The summed E-state index contributed by atoms with van der Waals surface area (Å²) in [6.45, 7) is 4.33. The summed E-state index contributed by atoms with van der Waals surface area (Å²) in [4.78, 5) is 27.3. The molecule has 0 aliphatic carbocycles. The van der Waals surface area contributed by atoms with Crippen LogP contribution in [-0.4, -0.2) is 58.6 Å². The minimum Gasteiger partial charge on any atom is -0.507 e. The highest BCUT2D eigenvalue weighted by Gasteiger charge is 2.64. The van der Waals surface area contributed by atoms with E-state index in [0.717, 1.165) is 29.6 Å². The lowest BCUT2D eigenvalue weighted by Crippen LogP contribution is -2.54. The predicted octanol–water partition coefficient (Wildman–Crippen LogP) is 4.63. The summed E-state index contributed by atoms with van der Waals surface area (Å²) in [6.07, 6.45) is 9.93. The van der Waals surface area contributed by atoms with E-state index in [1.54, 1.807) is 34.6 Å². The molecule has 7 N–H and O–H groups in total. The van der Waals surface area contributed by atoms with Crippen molar-refractivity contribution in [2.75, 3.05) is 18.1 Å². The summed E-state index contributed by atoms with van der Waals surface area (Å²) in [5.74, 6) is 2.58. The number of carbonyl (C=O) groups is 1. The van der Waals surface area contributed by atoms with Crippen LogP contribution in [0.1, 0.15) is 69.1 Å². The number of phenols is 1. The van der Waals surface area contributed by atoms with Crippen molar-refractivity contribution in [2.24, 2.45) is 11.5 Å². The van der Waals surface area contributed by atoms with Crippen molar-refractivity contribution in [3.8, 4) is 11.5 Å². The first-order valence-corrected chi connectivity index (χ1v) is 19.5. The number of hydrogen-bond acceptors (Lipinski definition) is 13. The number of hydrogen-bond donors (Lipinski definition) is 5. The average Bonchev–Trinajstić information content (AvgIpc) is 3.75. The second-order valence-electron chi connectivity index (χ2n) is 14.1. The van der Waals surface area contributed by atoms with Gasteiger partial charge in [0.2, 0.25) is 0 Å². The lowest BCUT2D eigenvalue weighted by atomic mass is 9.76. The van der Waals surface area contributed by atoms with Gasteiger partial charge in [-0.2, -0.15) is 0 Å². The topological polar surface area (TPSA) is 175 Å². The minimum atomic E-state index is -1.03. The van der Waals surface area contributed by atoms with Crippen molar-refractivity contribution in [1.82, 2.24) is 10.6 Å². The molecule has 6 unspecified atom stereocenters. The van der Waals surface area contributed by atoms with Gasteiger partial charge in [-0.25, -0.2) is 4.79 Å². The van der Waals surface area contributed by atoms with Gasteiger partial charge < -0.3 is 45.8 Å². The molecule has 2 aromatic rings. The van der Waals surface area contributed by atoms with Gasteiger partial charge in [-0.05, 0) is 63.2 Å². The Labute approximate surface area is 292 Å². The van der Waals surface area contributed by atoms with Crippen LogP contribution in [0.5, 0.6) is 11.5 Å². The molecule has 2 fully saturated rings. The molecule has 1 aromatic heterocycles. The monoisotopic (exact) mass is 706 g/mol. The fraction of sp³-hybridized carbons (Fsp3) is 0.500. The summed E-state index contributed by atoms with van der Waals surface area (Å²) in [6, 6.07) is 2.97. The number of nitrogens with two attached hydrogens (primary N) is 2. The number of ether oxygens (including phenoxy) is 3. The van der Waals surface area contributed by atoms with Gasteiger partial charge in [0.25, 0.3) is 0 Å². The largest absolute Gasteiger partial charge is 0.507 e. The Balaban J connectivity index is 1.18. The molecule has 260 valence electrons. The van der Waals surface area contributed by atoms with Crippen LogP contribution < -0.4 is 32.3 Å². The quantitative estimate of drug-likeness (QED) is 0.146. The van der Waals surface area contributed by atoms with Gasteiger partial charge in [0.1, 0.15) is 45.8 Å². The first-order chi connectivity index (χ1) is 23.6. The van der Waals surface area contributed by atoms with Crippen LogP contribution >= 0.6 is 21.6 Å². The number of benzene rings is 1. The van der Waals surface area contributed by atoms with Gasteiger partial charge in [0.05, 0.1) is 18.0 Å². The van der Waals surface area contributed by atoms with Gasteiger partial charge in [-0.1, -0.05) is 40.2 Å². The molecule has 8 rings (SSSR count). The standard InChI is InChI=1S/C36H42N4O7S2/c1-18-13-24(41)30-25(44-18)16-26-29(31(30)42)21-5-3-4-9-36-27(47-36)7-6-19-14-23(40-28(37)15-19)20-8-11-39-33(38)22(20)17-49-48-12-10-35(2,46-26)32(21)45-34(36)43/h8,13-16,21,23,27,32,39-40,42H,3-7,9-12,17,37-38H2,1-2H3. The predicted molar refractivity (Wildman–Crippen MR) is 190 cm³/mol. The van der Waals surface area contributed by atoms with Crippen LogP contribution in [0.2, 0.25) is 0 Å². The van der Waals surface area contributed by atoms with Crippen LogP contribution in [0.15, 0.2) is 67.9 Å². The Morgan fingerprint density at radius 2 is 1.96 bits per heavy atom. The third-order valence-corrected chi connectivity index (χ3v) is 13.1. The SMILES string of the molecule is Cc1cc(=O)c2c(O)c3c(cc2o1)OC1(C)CCSSCC2=C(N)NCC=C2C2C=C(C=C(N)N2)CCC2OC24CCCCC3C1OC4=O. The van der Waals surface area contributed by atoms with E-state index < -0.39 is 23.2 Å². The van der Waals surface area contributed by atoms with Gasteiger partial charge in [-0.15, -0.1) is 0 Å². The molecule has 13 heteroatoms. The number of esters is 1. The zero-order valence-corrected chi connectivity index (χ0v) is 29.3. The minimum absolute atomic E-state index is 0.111. The van der Waals surface area contributed by atoms with Crippen LogP contribution in [-0.2, 0) is 14.3 Å². The highest BCUT2D eigenvalue weighted by atomic mass is 33.1. The third kappa shape index (κ3) is 5.67. The molecule has 2 saturated heterocycles. The Hall–Kier alpha value is -3.68. The van der Waals surface area contributed by atoms with Crippen molar-refractivity contribution < 1.29 is 28.5 Å². The molecule has 6 atom stereocenters. The number of aryl methyl sites for hydroxylation is 1. The second kappa shape index (κ2) is 12.3.